The standard InChI is InChI=1S/3C13H30N.H3O4P/c3*1-5-7-8-9-10-11-12-13-14(3,4)6-2;1-5(2,3)4/h3*5-13H2,1-4H3;(H3,1,2,3,4)/q3*+1;/p-3. The second-order valence-corrected chi connectivity index (χ2v) is 16.6. The van der Waals surface area contributed by atoms with Gasteiger partial charge in [0.15, 0.2) is 0 Å². The number of hydrogen-bond donors (Lipinski definition) is 0. The SMILES string of the molecule is CCCCCCCCC[N+](C)(C)CC.CCCCCCCCC[N+](C)(C)CC.CCCCCCCCC[N+](C)(C)CC.O=P([O-])([O-])[O-]. The zero-order valence-corrected chi connectivity index (χ0v) is 35.4. The maximum atomic E-state index is 8.55. The van der Waals surface area contributed by atoms with Crippen LogP contribution in [0, 0.1) is 0 Å². The molecule has 0 unspecified atom stereocenters. The highest BCUT2D eigenvalue weighted by Gasteiger charge is 2.11. The molecule has 0 aliphatic rings. The molecular weight excluding hydrogens is 605 g/mol. The van der Waals surface area contributed by atoms with Crippen molar-refractivity contribution in [2.24, 2.45) is 0 Å². The predicted molar refractivity (Wildman–Crippen MR) is 204 cm³/mol. The first-order chi connectivity index (χ1) is 21.9. The minimum Gasteiger partial charge on any atom is -0.822 e. The molecule has 0 rings (SSSR count). The largest absolute Gasteiger partial charge is 0.822 e. The molecule has 8 heteroatoms. The lowest BCUT2D eigenvalue weighted by Gasteiger charge is -2.36. The molecule has 0 fully saturated rings. The molecular formula is C39H90N3O4P. The number of rotatable bonds is 27. The molecule has 0 N–H and O–H groups in total. The summed E-state index contributed by atoms with van der Waals surface area (Å²) in [6.45, 7) is 21.5. The molecule has 0 spiro atoms. The Balaban J connectivity index is -0.000000275. The first-order valence-corrected chi connectivity index (χ1v) is 21.5. The van der Waals surface area contributed by atoms with Gasteiger partial charge in [-0.25, -0.2) is 0 Å². The number of quaternary nitrogens is 3. The van der Waals surface area contributed by atoms with E-state index in [1.807, 2.05) is 0 Å². The average Bonchev–Trinajstić information content (AvgIpc) is 2.99. The van der Waals surface area contributed by atoms with E-state index >= 15 is 0 Å². The molecule has 0 aromatic heterocycles. The number of unbranched alkanes of at least 4 members (excludes halogenated alkanes) is 18. The van der Waals surface area contributed by atoms with Gasteiger partial charge >= 0.3 is 0 Å². The van der Waals surface area contributed by atoms with E-state index in [0.29, 0.717) is 0 Å². The van der Waals surface area contributed by atoms with E-state index < -0.39 is 7.82 Å². The van der Waals surface area contributed by atoms with E-state index in [9.17, 15) is 0 Å². The zero-order valence-electron chi connectivity index (χ0n) is 34.5. The van der Waals surface area contributed by atoms with Crippen molar-refractivity contribution < 1.29 is 32.7 Å². The number of phosphoric acid groups is 1. The molecule has 0 saturated carbocycles. The van der Waals surface area contributed by atoms with Gasteiger partial charge in [-0.3, -0.25) is 0 Å². The van der Waals surface area contributed by atoms with Gasteiger partial charge in [-0.15, -0.1) is 0 Å². The van der Waals surface area contributed by atoms with Crippen LogP contribution in [0.3, 0.4) is 0 Å². The zero-order chi connectivity index (χ0) is 37.1. The van der Waals surface area contributed by atoms with Crippen LogP contribution in [0.4, 0.5) is 0 Å². The lowest BCUT2D eigenvalue weighted by Crippen LogP contribution is -2.39. The minimum atomic E-state index is -5.39. The molecule has 0 bridgehead atoms. The van der Waals surface area contributed by atoms with Crippen molar-refractivity contribution in [3.8, 4) is 0 Å². The van der Waals surface area contributed by atoms with E-state index in [1.165, 1.54) is 188 Å². The lowest BCUT2D eigenvalue weighted by atomic mass is 10.1. The van der Waals surface area contributed by atoms with Crippen molar-refractivity contribution in [2.75, 3.05) is 81.6 Å². The molecule has 0 aromatic rings. The number of hydrogen-bond acceptors (Lipinski definition) is 4. The first kappa shape index (κ1) is 53.8. The Kier molecular flexibility index (Phi) is 41.0. The average molecular weight is 696 g/mol. The van der Waals surface area contributed by atoms with Gasteiger partial charge in [0, 0.05) is 0 Å². The normalized spacial score (nSPS) is 12.0. The third kappa shape index (κ3) is 58.5. The van der Waals surface area contributed by atoms with Crippen LogP contribution < -0.4 is 14.7 Å². The summed E-state index contributed by atoms with van der Waals surface area (Å²) in [7, 11) is 8.59. The van der Waals surface area contributed by atoms with Crippen molar-refractivity contribution in [2.45, 2.75) is 176 Å². The fourth-order valence-electron chi connectivity index (χ4n) is 4.97. The van der Waals surface area contributed by atoms with Crippen LogP contribution in [0.5, 0.6) is 0 Å². The number of nitrogens with zero attached hydrogens (tertiary/aromatic N) is 3. The Hall–Kier alpha value is -0.0100. The third-order valence-electron chi connectivity index (χ3n) is 9.67. The van der Waals surface area contributed by atoms with Crippen LogP contribution in [-0.4, -0.2) is 95.0 Å². The van der Waals surface area contributed by atoms with Gasteiger partial charge in [-0.1, -0.05) is 117 Å². The molecule has 0 aliphatic carbocycles. The van der Waals surface area contributed by atoms with Crippen molar-refractivity contribution in [3.63, 3.8) is 0 Å². The van der Waals surface area contributed by atoms with Crippen molar-refractivity contribution in [1.29, 1.82) is 0 Å². The van der Waals surface area contributed by atoms with Crippen molar-refractivity contribution in [1.82, 2.24) is 0 Å². The molecule has 0 heterocycles. The summed E-state index contributed by atoms with van der Waals surface area (Å²) in [4.78, 5) is 25.6. The van der Waals surface area contributed by atoms with Gasteiger partial charge in [0.05, 0.1) is 81.6 Å². The van der Waals surface area contributed by atoms with Gasteiger partial charge in [0.2, 0.25) is 0 Å². The predicted octanol–water partition coefficient (Wildman–Crippen LogP) is 8.68. The second kappa shape index (κ2) is 35.8. The Labute approximate surface area is 297 Å². The smallest absolute Gasteiger partial charge is 0.0782 e. The fraction of sp³-hybridized carbons (Fsp3) is 1.00. The fourth-order valence-corrected chi connectivity index (χ4v) is 4.97. The van der Waals surface area contributed by atoms with Crippen LogP contribution in [-0.2, 0) is 4.57 Å². The minimum absolute atomic E-state index is 1.19. The summed E-state index contributed by atoms with van der Waals surface area (Å²) >= 11 is 0. The summed E-state index contributed by atoms with van der Waals surface area (Å²) in [6, 6.07) is 0. The summed E-state index contributed by atoms with van der Waals surface area (Å²) in [5.41, 5.74) is 0. The summed E-state index contributed by atoms with van der Waals surface area (Å²) in [6.07, 6.45) is 29.9. The molecule has 7 nitrogen and oxygen atoms in total. The van der Waals surface area contributed by atoms with Crippen LogP contribution in [0.2, 0.25) is 0 Å². The maximum Gasteiger partial charge on any atom is 0.0782 e. The Morgan fingerprint density at radius 1 is 0.340 bits per heavy atom. The van der Waals surface area contributed by atoms with E-state index in [4.69, 9.17) is 19.2 Å². The monoisotopic (exact) mass is 696 g/mol. The van der Waals surface area contributed by atoms with Gasteiger partial charge in [0.25, 0.3) is 0 Å². The highest BCUT2D eigenvalue weighted by molar-refractivity contribution is 7.40. The van der Waals surface area contributed by atoms with Gasteiger partial charge in [-0.2, -0.15) is 7.82 Å². The van der Waals surface area contributed by atoms with Gasteiger partial charge in [-0.05, 0) is 59.3 Å². The Morgan fingerprint density at radius 3 is 0.638 bits per heavy atom. The van der Waals surface area contributed by atoms with Crippen molar-refractivity contribution in [3.05, 3.63) is 0 Å². The van der Waals surface area contributed by atoms with E-state index in [-0.39, 0.29) is 0 Å². The van der Waals surface area contributed by atoms with Crippen LogP contribution in [0.25, 0.3) is 0 Å². The molecule has 0 saturated heterocycles. The quantitative estimate of drug-likeness (QED) is 0.0489. The van der Waals surface area contributed by atoms with E-state index in [0.717, 1.165) is 0 Å². The molecule has 0 amide bonds. The molecule has 0 aromatic carbocycles. The van der Waals surface area contributed by atoms with E-state index in [2.05, 4.69) is 83.8 Å². The van der Waals surface area contributed by atoms with Crippen LogP contribution >= 0.6 is 7.82 Å². The first-order valence-electron chi connectivity index (χ1n) is 20.1. The van der Waals surface area contributed by atoms with Crippen molar-refractivity contribution >= 4 is 7.82 Å². The molecule has 0 radical (unpaired) electrons. The second-order valence-electron chi connectivity index (χ2n) is 15.7. The van der Waals surface area contributed by atoms with Gasteiger partial charge in [0.1, 0.15) is 0 Å². The molecule has 47 heavy (non-hydrogen) atoms. The molecule has 0 atom stereocenters. The van der Waals surface area contributed by atoms with Crippen LogP contribution in [0.1, 0.15) is 176 Å². The highest BCUT2D eigenvalue weighted by atomic mass is 31.2. The Bertz CT molecular complexity index is 575. The van der Waals surface area contributed by atoms with Gasteiger partial charge < -0.3 is 32.7 Å². The molecule has 290 valence electrons. The lowest BCUT2D eigenvalue weighted by molar-refractivity contribution is -0.888. The van der Waals surface area contributed by atoms with E-state index in [1.54, 1.807) is 0 Å². The Morgan fingerprint density at radius 2 is 0.489 bits per heavy atom. The summed E-state index contributed by atoms with van der Waals surface area (Å²) < 4.78 is 12.1. The summed E-state index contributed by atoms with van der Waals surface area (Å²) in [5, 5.41) is 0. The highest BCUT2D eigenvalue weighted by Crippen LogP contribution is 2.11. The summed E-state index contributed by atoms with van der Waals surface area (Å²) in [5.74, 6) is 0. The maximum absolute atomic E-state index is 8.55. The van der Waals surface area contributed by atoms with Crippen LogP contribution in [0.15, 0.2) is 0 Å². The topological polar surface area (TPSA) is 86.2 Å². The molecule has 0 aliphatic heterocycles. The third-order valence-corrected chi connectivity index (χ3v) is 9.67.